The Morgan fingerprint density at radius 1 is 1.17 bits per heavy atom. The Hall–Kier alpha value is -3.56. The molecular weight excluding hydrogens is 460 g/mol. The molecule has 0 bridgehead atoms. The lowest BCUT2D eigenvalue weighted by Crippen LogP contribution is -2.38. The Morgan fingerprint density at radius 2 is 2.03 bits per heavy atom. The summed E-state index contributed by atoms with van der Waals surface area (Å²) in [4.78, 5) is 15.6. The Morgan fingerprint density at radius 3 is 2.81 bits per heavy atom. The van der Waals surface area contributed by atoms with Crippen molar-refractivity contribution in [2.45, 2.75) is 6.42 Å². The third-order valence-electron chi connectivity index (χ3n) is 6.67. The van der Waals surface area contributed by atoms with E-state index in [4.69, 9.17) is 18.9 Å². The maximum Gasteiger partial charge on any atom is 0.231 e. The third-order valence-corrected chi connectivity index (χ3v) is 6.67. The van der Waals surface area contributed by atoms with Crippen LogP contribution in [0.25, 0.3) is 11.3 Å². The topological polar surface area (TPSA) is 87.1 Å². The molecule has 3 aromatic rings. The molecule has 5 rings (SSSR count). The molecule has 1 atom stereocenters. The normalized spacial score (nSPS) is 17.7. The number of hydrogen-bond donors (Lipinski definition) is 1. The lowest BCUT2D eigenvalue weighted by molar-refractivity contribution is -0.121. The molecular formula is C27H32N4O5. The predicted octanol–water partition coefficient (Wildman–Crippen LogP) is 3.00. The highest BCUT2D eigenvalue weighted by atomic mass is 16.5. The van der Waals surface area contributed by atoms with Crippen molar-refractivity contribution in [1.29, 1.82) is 0 Å². The van der Waals surface area contributed by atoms with Gasteiger partial charge in [0.05, 0.1) is 37.6 Å². The van der Waals surface area contributed by atoms with E-state index >= 15 is 0 Å². The number of fused-ring (bicyclic) bond motifs is 1. The molecule has 1 aromatic heterocycles. The van der Waals surface area contributed by atoms with Gasteiger partial charge < -0.3 is 24.3 Å². The molecule has 2 aromatic carbocycles. The van der Waals surface area contributed by atoms with Gasteiger partial charge in [-0.15, -0.1) is 0 Å². The molecule has 0 radical (unpaired) electrons. The van der Waals surface area contributed by atoms with Crippen LogP contribution in [-0.2, 0) is 23.0 Å². The predicted molar refractivity (Wildman–Crippen MR) is 136 cm³/mol. The standard InChI is InChI=1S/C27H32N4O5/c1-30-24(7-8-28-30)19-3-5-23(26(17-19)35-14-11-31-9-12-34-13-10-31)29-27(32)21-15-20-16-22(33-2)4-6-25(20)36-18-21/h3-8,16-17,21H,9-15,18H2,1-2H3,(H,29,32)/t21-/m0/s1. The molecule has 9 heteroatoms. The first-order chi connectivity index (χ1) is 17.6. The van der Waals surface area contributed by atoms with Gasteiger partial charge in [-0.05, 0) is 48.4 Å². The number of carbonyl (C=O) groups is 1. The first-order valence-corrected chi connectivity index (χ1v) is 12.3. The highest BCUT2D eigenvalue weighted by Crippen LogP contribution is 2.34. The number of rotatable bonds is 8. The highest BCUT2D eigenvalue weighted by molar-refractivity contribution is 5.95. The number of aromatic nitrogens is 2. The second-order valence-electron chi connectivity index (χ2n) is 9.03. The number of nitrogens with one attached hydrogen (secondary N) is 1. The van der Waals surface area contributed by atoms with E-state index in [9.17, 15) is 4.79 Å². The van der Waals surface area contributed by atoms with E-state index in [0.29, 0.717) is 31.1 Å². The highest BCUT2D eigenvalue weighted by Gasteiger charge is 2.27. The van der Waals surface area contributed by atoms with Gasteiger partial charge in [-0.25, -0.2) is 0 Å². The van der Waals surface area contributed by atoms with E-state index < -0.39 is 0 Å². The SMILES string of the molecule is COc1ccc2c(c1)C[C@H](C(=O)Nc1ccc(-c3ccnn3C)cc1OCCN1CCOCC1)CO2. The van der Waals surface area contributed by atoms with Crippen LogP contribution in [0.5, 0.6) is 17.2 Å². The molecule has 1 N–H and O–H groups in total. The second kappa shape index (κ2) is 11.0. The summed E-state index contributed by atoms with van der Waals surface area (Å²) in [6, 6.07) is 13.5. The number of hydrogen-bond acceptors (Lipinski definition) is 7. The second-order valence-corrected chi connectivity index (χ2v) is 9.03. The summed E-state index contributed by atoms with van der Waals surface area (Å²) in [7, 11) is 3.53. The Kier molecular flexibility index (Phi) is 7.39. The van der Waals surface area contributed by atoms with Crippen molar-refractivity contribution in [1.82, 2.24) is 14.7 Å². The van der Waals surface area contributed by atoms with Crippen LogP contribution in [0, 0.1) is 5.92 Å². The van der Waals surface area contributed by atoms with E-state index in [1.54, 1.807) is 13.3 Å². The number of ether oxygens (including phenoxy) is 4. The molecule has 9 nitrogen and oxygen atoms in total. The summed E-state index contributed by atoms with van der Waals surface area (Å²) in [5.74, 6) is 1.76. The number of aryl methyl sites for hydroxylation is 1. The fourth-order valence-electron chi connectivity index (χ4n) is 4.57. The molecule has 36 heavy (non-hydrogen) atoms. The minimum atomic E-state index is -0.317. The Labute approximate surface area is 210 Å². The lowest BCUT2D eigenvalue weighted by Gasteiger charge is -2.27. The van der Waals surface area contributed by atoms with E-state index in [1.165, 1.54) is 0 Å². The van der Waals surface area contributed by atoms with Crippen LogP contribution in [0.1, 0.15) is 5.56 Å². The average molecular weight is 493 g/mol. The molecule has 0 spiro atoms. The van der Waals surface area contributed by atoms with Gasteiger partial charge in [0.15, 0.2) is 0 Å². The van der Waals surface area contributed by atoms with Gasteiger partial charge >= 0.3 is 0 Å². The van der Waals surface area contributed by atoms with Gasteiger partial charge in [-0.2, -0.15) is 5.10 Å². The number of benzene rings is 2. The van der Waals surface area contributed by atoms with Crippen LogP contribution >= 0.6 is 0 Å². The summed E-state index contributed by atoms with van der Waals surface area (Å²) in [5.41, 5.74) is 3.55. The molecule has 1 fully saturated rings. The minimum Gasteiger partial charge on any atom is -0.497 e. The molecule has 190 valence electrons. The quantitative estimate of drug-likeness (QED) is 0.517. The lowest BCUT2D eigenvalue weighted by atomic mass is 9.95. The largest absolute Gasteiger partial charge is 0.497 e. The number of morpholine rings is 1. The van der Waals surface area contributed by atoms with Crippen molar-refractivity contribution < 1.29 is 23.7 Å². The molecule has 1 amide bonds. The van der Waals surface area contributed by atoms with E-state index in [2.05, 4.69) is 15.3 Å². The Bertz CT molecular complexity index is 1200. The summed E-state index contributed by atoms with van der Waals surface area (Å²) in [5, 5.41) is 7.36. The van der Waals surface area contributed by atoms with Crippen molar-refractivity contribution in [3.8, 4) is 28.5 Å². The third kappa shape index (κ3) is 5.47. The molecule has 0 unspecified atom stereocenters. The zero-order chi connectivity index (χ0) is 24.9. The van der Waals surface area contributed by atoms with Gasteiger partial charge in [0.25, 0.3) is 0 Å². The van der Waals surface area contributed by atoms with Crippen LogP contribution in [0.15, 0.2) is 48.7 Å². The zero-order valence-corrected chi connectivity index (χ0v) is 20.7. The van der Waals surface area contributed by atoms with Crippen LogP contribution in [-0.4, -0.2) is 73.8 Å². The van der Waals surface area contributed by atoms with Gasteiger partial charge in [0, 0.05) is 38.4 Å². The number of amides is 1. The van der Waals surface area contributed by atoms with E-state index in [1.807, 2.05) is 54.2 Å². The number of anilines is 1. The fourth-order valence-corrected chi connectivity index (χ4v) is 4.57. The number of nitrogens with zero attached hydrogens (tertiary/aromatic N) is 3. The molecule has 0 saturated carbocycles. The zero-order valence-electron chi connectivity index (χ0n) is 20.7. The van der Waals surface area contributed by atoms with E-state index in [0.717, 1.165) is 61.2 Å². The smallest absolute Gasteiger partial charge is 0.231 e. The maximum atomic E-state index is 13.3. The monoisotopic (exact) mass is 492 g/mol. The maximum absolute atomic E-state index is 13.3. The van der Waals surface area contributed by atoms with Gasteiger partial charge in [0.2, 0.25) is 5.91 Å². The van der Waals surface area contributed by atoms with Crippen molar-refractivity contribution in [3.63, 3.8) is 0 Å². The first kappa shape index (κ1) is 24.1. The molecule has 0 aliphatic carbocycles. The summed E-state index contributed by atoms with van der Waals surface area (Å²) >= 11 is 0. The van der Waals surface area contributed by atoms with Crippen LogP contribution < -0.4 is 19.5 Å². The van der Waals surface area contributed by atoms with Gasteiger partial charge in [-0.3, -0.25) is 14.4 Å². The number of methoxy groups -OCH3 is 1. The molecule has 2 aliphatic heterocycles. The van der Waals surface area contributed by atoms with Crippen LogP contribution in [0.4, 0.5) is 5.69 Å². The molecule has 1 saturated heterocycles. The summed E-state index contributed by atoms with van der Waals surface area (Å²) < 4.78 is 24.7. The molecule has 2 aliphatic rings. The fraction of sp³-hybridized carbons (Fsp3) is 0.407. The van der Waals surface area contributed by atoms with Crippen molar-refractivity contribution in [2.75, 3.05) is 58.5 Å². The average Bonchev–Trinajstić information content (AvgIpc) is 3.35. The summed E-state index contributed by atoms with van der Waals surface area (Å²) in [6.07, 6.45) is 2.35. The minimum absolute atomic E-state index is 0.102. The Balaban J connectivity index is 1.31. The van der Waals surface area contributed by atoms with Crippen molar-refractivity contribution in [2.24, 2.45) is 13.0 Å². The first-order valence-electron chi connectivity index (χ1n) is 12.3. The van der Waals surface area contributed by atoms with Crippen LogP contribution in [0.3, 0.4) is 0 Å². The van der Waals surface area contributed by atoms with E-state index in [-0.39, 0.29) is 11.8 Å². The summed E-state index contributed by atoms with van der Waals surface area (Å²) in [6.45, 7) is 4.92. The van der Waals surface area contributed by atoms with Crippen molar-refractivity contribution >= 4 is 11.6 Å². The van der Waals surface area contributed by atoms with Gasteiger partial charge in [-0.1, -0.05) is 6.07 Å². The van der Waals surface area contributed by atoms with Crippen LogP contribution in [0.2, 0.25) is 0 Å². The van der Waals surface area contributed by atoms with Gasteiger partial charge in [0.1, 0.15) is 30.5 Å². The molecule has 3 heterocycles. The number of carbonyl (C=O) groups excluding carboxylic acids is 1. The van der Waals surface area contributed by atoms with Crippen molar-refractivity contribution in [3.05, 3.63) is 54.2 Å².